The zero-order valence-electron chi connectivity index (χ0n) is 8.56. The van der Waals surface area contributed by atoms with Crippen LogP contribution >= 0.6 is 0 Å². The van der Waals surface area contributed by atoms with Crippen LogP contribution in [0.4, 0.5) is 4.39 Å². The molecule has 1 aromatic carbocycles. The molecule has 0 atom stereocenters. The van der Waals surface area contributed by atoms with Gasteiger partial charge in [-0.15, -0.1) is 0 Å². The van der Waals surface area contributed by atoms with E-state index in [9.17, 15) is 9.18 Å². The van der Waals surface area contributed by atoms with Crippen molar-refractivity contribution in [3.8, 4) is 0 Å². The molecule has 2 nitrogen and oxygen atoms in total. The highest BCUT2D eigenvalue weighted by Gasteiger charge is 2.06. The molecule has 0 saturated carbocycles. The van der Waals surface area contributed by atoms with Gasteiger partial charge in [-0.2, -0.15) is 0 Å². The van der Waals surface area contributed by atoms with Crippen molar-refractivity contribution >= 4 is 6.29 Å². The number of benzene rings is 1. The highest BCUT2D eigenvalue weighted by Crippen LogP contribution is 2.13. The number of rotatable bonds is 3. The summed E-state index contributed by atoms with van der Waals surface area (Å²) in [5.41, 5.74) is 1.65. The molecule has 2 rings (SSSR count). The fourth-order valence-electron chi connectivity index (χ4n) is 1.53. The van der Waals surface area contributed by atoms with Crippen LogP contribution in [0.5, 0.6) is 0 Å². The third kappa shape index (κ3) is 2.14. The first-order chi connectivity index (χ1) is 7.81. The Morgan fingerprint density at radius 1 is 1.19 bits per heavy atom. The fraction of sp³-hybridized carbons (Fsp3) is 0.0769. The predicted molar refractivity (Wildman–Crippen MR) is 58.8 cm³/mol. The minimum absolute atomic E-state index is 0.273. The smallest absolute Gasteiger partial charge is 0.151 e. The quantitative estimate of drug-likeness (QED) is 0.737. The summed E-state index contributed by atoms with van der Waals surface area (Å²) < 4.78 is 13.4. The van der Waals surface area contributed by atoms with Gasteiger partial charge in [0.1, 0.15) is 5.82 Å². The largest absolute Gasteiger partial charge is 0.298 e. The maximum absolute atomic E-state index is 13.4. The van der Waals surface area contributed by atoms with Crippen molar-refractivity contribution < 1.29 is 9.18 Å². The first kappa shape index (κ1) is 10.5. The average molecular weight is 215 g/mol. The molecule has 0 aliphatic rings. The van der Waals surface area contributed by atoms with Crippen molar-refractivity contribution in [2.24, 2.45) is 0 Å². The molecule has 0 bridgehead atoms. The number of nitrogens with zero attached hydrogens (tertiary/aromatic N) is 1. The number of carbonyl (C=O) groups is 1. The minimum atomic E-state index is -0.273. The van der Waals surface area contributed by atoms with Gasteiger partial charge in [-0.05, 0) is 23.8 Å². The van der Waals surface area contributed by atoms with Crippen molar-refractivity contribution in [3.05, 3.63) is 65.2 Å². The first-order valence-electron chi connectivity index (χ1n) is 4.93. The van der Waals surface area contributed by atoms with E-state index in [4.69, 9.17) is 0 Å². The third-order valence-corrected chi connectivity index (χ3v) is 2.37. The van der Waals surface area contributed by atoms with E-state index in [1.54, 1.807) is 36.5 Å². The Hall–Kier alpha value is -2.03. The summed E-state index contributed by atoms with van der Waals surface area (Å²) in [7, 11) is 0. The summed E-state index contributed by atoms with van der Waals surface area (Å²) in [6.45, 7) is 0. The van der Waals surface area contributed by atoms with Crippen molar-refractivity contribution in [1.29, 1.82) is 0 Å². The Labute approximate surface area is 92.8 Å². The van der Waals surface area contributed by atoms with Crippen LogP contribution in [-0.4, -0.2) is 11.3 Å². The molecule has 0 radical (unpaired) electrons. The van der Waals surface area contributed by atoms with Crippen LogP contribution < -0.4 is 0 Å². The Balaban J connectivity index is 2.34. The highest BCUT2D eigenvalue weighted by atomic mass is 19.1. The number of pyridine rings is 1. The van der Waals surface area contributed by atoms with Gasteiger partial charge in [-0.3, -0.25) is 9.78 Å². The molecule has 0 unspecified atom stereocenters. The summed E-state index contributed by atoms with van der Waals surface area (Å²) in [5.74, 6) is -0.273. The lowest BCUT2D eigenvalue weighted by molar-refractivity contribution is 0.112. The van der Waals surface area contributed by atoms with Crippen LogP contribution in [-0.2, 0) is 6.42 Å². The van der Waals surface area contributed by atoms with E-state index in [2.05, 4.69) is 4.98 Å². The molecule has 1 heterocycles. The van der Waals surface area contributed by atoms with Crippen molar-refractivity contribution in [2.45, 2.75) is 6.42 Å². The molecule has 1 aromatic heterocycles. The second-order valence-corrected chi connectivity index (χ2v) is 3.43. The maximum atomic E-state index is 13.4. The zero-order valence-corrected chi connectivity index (χ0v) is 8.56. The lowest BCUT2D eigenvalue weighted by Gasteiger charge is -2.04. The molecule has 0 spiro atoms. The first-order valence-corrected chi connectivity index (χ1v) is 4.93. The van der Waals surface area contributed by atoms with E-state index in [1.807, 2.05) is 0 Å². The number of hydrogen-bond acceptors (Lipinski definition) is 2. The van der Waals surface area contributed by atoms with Gasteiger partial charge in [0.05, 0.1) is 5.69 Å². The topological polar surface area (TPSA) is 30.0 Å². The third-order valence-electron chi connectivity index (χ3n) is 2.37. The molecule has 16 heavy (non-hydrogen) atoms. The Morgan fingerprint density at radius 2 is 2.00 bits per heavy atom. The Morgan fingerprint density at radius 3 is 2.75 bits per heavy atom. The second kappa shape index (κ2) is 4.66. The van der Waals surface area contributed by atoms with E-state index in [0.717, 1.165) is 6.29 Å². The maximum Gasteiger partial charge on any atom is 0.151 e. The Bertz CT molecular complexity index is 511. The molecule has 0 aliphatic heterocycles. The standard InChI is InChI=1S/C13H10FNO/c14-12-6-2-1-4-10(12)8-13-11(9-16)5-3-7-15-13/h1-7,9H,8H2. The van der Waals surface area contributed by atoms with Gasteiger partial charge < -0.3 is 0 Å². The number of aldehydes is 1. The lowest BCUT2D eigenvalue weighted by atomic mass is 10.1. The van der Waals surface area contributed by atoms with Gasteiger partial charge >= 0.3 is 0 Å². The SMILES string of the molecule is O=Cc1cccnc1Cc1ccccc1F. The normalized spacial score (nSPS) is 10.1. The fourth-order valence-corrected chi connectivity index (χ4v) is 1.53. The van der Waals surface area contributed by atoms with Crippen molar-refractivity contribution in [1.82, 2.24) is 4.98 Å². The predicted octanol–water partition coefficient (Wildman–Crippen LogP) is 2.62. The summed E-state index contributed by atoms with van der Waals surface area (Å²) in [5, 5.41) is 0. The monoisotopic (exact) mass is 215 g/mol. The van der Waals surface area contributed by atoms with Crippen LogP contribution in [0.25, 0.3) is 0 Å². The molecule has 0 amide bonds. The summed E-state index contributed by atoms with van der Waals surface area (Å²) in [6, 6.07) is 9.86. The van der Waals surface area contributed by atoms with Crippen LogP contribution in [0.15, 0.2) is 42.6 Å². The van der Waals surface area contributed by atoms with Crippen molar-refractivity contribution in [3.63, 3.8) is 0 Å². The van der Waals surface area contributed by atoms with Gasteiger partial charge in [0.15, 0.2) is 6.29 Å². The van der Waals surface area contributed by atoms with Crippen LogP contribution in [0, 0.1) is 5.82 Å². The van der Waals surface area contributed by atoms with Gasteiger partial charge in [0.2, 0.25) is 0 Å². The molecule has 0 fully saturated rings. The second-order valence-electron chi connectivity index (χ2n) is 3.43. The lowest BCUT2D eigenvalue weighted by Crippen LogP contribution is -1.99. The molecule has 80 valence electrons. The number of carbonyl (C=O) groups excluding carboxylic acids is 1. The molecule has 0 N–H and O–H groups in total. The number of hydrogen-bond donors (Lipinski definition) is 0. The molecule has 0 saturated heterocycles. The van der Waals surface area contributed by atoms with Crippen LogP contribution in [0.3, 0.4) is 0 Å². The van der Waals surface area contributed by atoms with E-state index in [1.165, 1.54) is 6.07 Å². The van der Waals surface area contributed by atoms with Gasteiger partial charge in [0.25, 0.3) is 0 Å². The number of aromatic nitrogens is 1. The van der Waals surface area contributed by atoms with Crippen molar-refractivity contribution in [2.75, 3.05) is 0 Å². The van der Waals surface area contributed by atoms with Gasteiger partial charge in [-0.1, -0.05) is 18.2 Å². The molecular formula is C13H10FNO. The summed E-state index contributed by atoms with van der Waals surface area (Å²) in [4.78, 5) is 14.9. The number of halogens is 1. The summed E-state index contributed by atoms with van der Waals surface area (Å²) >= 11 is 0. The van der Waals surface area contributed by atoms with Gasteiger partial charge in [0, 0.05) is 18.2 Å². The summed E-state index contributed by atoms with van der Waals surface area (Å²) in [6.07, 6.45) is 2.67. The Kier molecular flexibility index (Phi) is 3.05. The molecule has 0 aliphatic carbocycles. The van der Waals surface area contributed by atoms with E-state index in [0.29, 0.717) is 23.2 Å². The minimum Gasteiger partial charge on any atom is -0.298 e. The average Bonchev–Trinajstić information content (AvgIpc) is 2.33. The van der Waals surface area contributed by atoms with Crippen LogP contribution in [0.2, 0.25) is 0 Å². The molecule has 2 aromatic rings. The molecular weight excluding hydrogens is 205 g/mol. The van der Waals surface area contributed by atoms with E-state index < -0.39 is 0 Å². The van der Waals surface area contributed by atoms with Crippen LogP contribution in [0.1, 0.15) is 21.6 Å². The van der Waals surface area contributed by atoms with E-state index in [-0.39, 0.29) is 5.82 Å². The zero-order chi connectivity index (χ0) is 11.4. The highest BCUT2D eigenvalue weighted by molar-refractivity contribution is 5.76. The van der Waals surface area contributed by atoms with E-state index >= 15 is 0 Å². The van der Waals surface area contributed by atoms with Gasteiger partial charge in [-0.25, -0.2) is 4.39 Å². The molecule has 3 heteroatoms.